The largest absolute Gasteiger partial charge is 0.497 e. The maximum atomic E-state index is 11.2. The molecule has 0 bridgehead atoms. The Kier molecular flexibility index (Phi) is 4.32. The molecule has 9 nitrogen and oxygen atoms in total. The van der Waals surface area contributed by atoms with E-state index in [0.29, 0.717) is 16.7 Å². The highest BCUT2D eigenvalue weighted by molar-refractivity contribution is 5.96. The second-order valence-electron chi connectivity index (χ2n) is 5.09. The normalized spacial score (nSPS) is 13.3. The number of anilines is 1. The Bertz CT molecular complexity index is 774. The van der Waals surface area contributed by atoms with Crippen LogP contribution < -0.4 is 10.1 Å². The lowest BCUT2D eigenvalue weighted by atomic mass is 10.1. The van der Waals surface area contributed by atoms with E-state index >= 15 is 0 Å². The van der Waals surface area contributed by atoms with Crippen LogP contribution in [0.25, 0.3) is 10.9 Å². The van der Waals surface area contributed by atoms with Gasteiger partial charge in [0.25, 0.3) is 0 Å². The third-order valence-electron chi connectivity index (χ3n) is 3.32. The van der Waals surface area contributed by atoms with Crippen molar-refractivity contribution in [3.8, 4) is 5.75 Å². The van der Waals surface area contributed by atoms with Crippen LogP contribution in [0.4, 0.5) is 11.4 Å². The summed E-state index contributed by atoms with van der Waals surface area (Å²) < 4.78 is 5.07. The molecule has 0 saturated heterocycles. The van der Waals surface area contributed by atoms with Gasteiger partial charge in [-0.3, -0.25) is 10.1 Å². The molecule has 0 aliphatic rings. The molecule has 1 heterocycles. The minimum Gasteiger partial charge on any atom is -0.497 e. The molecule has 0 aliphatic heterocycles. The van der Waals surface area contributed by atoms with Crippen LogP contribution in [-0.2, 0) is 4.79 Å². The first-order valence-corrected chi connectivity index (χ1v) is 6.57. The number of aliphatic hydroxyl groups is 1. The number of ether oxygens (including phenoxy) is 1. The fraction of sp³-hybridized carbons (Fsp3) is 0.286. The van der Waals surface area contributed by atoms with Crippen LogP contribution in [0.3, 0.4) is 0 Å². The predicted molar refractivity (Wildman–Crippen MR) is 81.7 cm³/mol. The average Bonchev–Trinajstić information content (AvgIpc) is 2.51. The molecule has 0 aliphatic carbocycles. The maximum Gasteiger partial charge on any atom is 0.337 e. The van der Waals surface area contributed by atoms with Crippen molar-refractivity contribution in [2.24, 2.45) is 0 Å². The van der Waals surface area contributed by atoms with Crippen molar-refractivity contribution in [1.82, 2.24) is 4.98 Å². The van der Waals surface area contributed by atoms with Gasteiger partial charge < -0.3 is 20.3 Å². The van der Waals surface area contributed by atoms with Gasteiger partial charge >= 0.3 is 11.7 Å². The highest BCUT2D eigenvalue weighted by Crippen LogP contribution is 2.33. The van der Waals surface area contributed by atoms with Crippen molar-refractivity contribution in [1.29, 1.82) is 0 Å². The SMILES string of the molecule is COc1ccc2c(NCC(C)(O)C(=O)O)c([N+](=O)[O-])cnc2c1. The Labute approximate surface area is 130 Å². The molecule has 1 atom stereocenters. The van der Waals surface area contributed by atoms with E-state index in [1.807, 2.05) is 0 Å². The topological polar surface area (TPSA) is 135 Å². The Morgan fingerprint density at radius 3 is 2.78 bits per heavy atom. The molecule has 1 aromatic heterocycles. The number of nitro groups is 1. The molecule has 1 aromatic carbocycles. The first-order chi connectivity index (χ1) is 10.8. The summed E-state index contributed by atoms with van der Waals surface area (Å²) >= 11 is 0. The van der Waals surface area contributed by atoms with E-state index in [-0.39, 0.29) is 11.4 Å². The van der Waals surface area contributed by atoms with Gasteiger partial charge in [-0.2, -0.15) is 0 Å². The quantitative estimate of drug-likeness (QED) is 0.536. The summed E-state index contributed by atoms with van der Waals surface area (Å²) in [6, 6.07) is 4.78. The van der Waals surface area contributed by atoms with E-state index in [1.165, 1.54) is 7.11 Å². The Balaban J connectivity index is 2.51. The fourth-order valence-electron chi connectivity index (χ4n) is 1.95. The van der Waals surface area contributed by atoms with Gasteiger partial charge in [0.15, 0.2) is 5.60 Å². The second kappa shape index (κ2) is 6.05. The number of hydrogen-bond acceptors (Lipinski definition) is 7. The number of benzene rings is 1. The standard InChI is InChI=1S/C14H15N3O6/c1-14(20,13(18)19)7-16-12-9-4-3-8(23-2)5-10(9)15-6-11(12)17(21)22/h3-6,20H,7H2,1-2H3,(H,15,16)(H,18,19). The number of aromatic nitrogens is 1. The highest BCUT2D eigenvalue weighted by Gasteiger charge is 2.31. The molecule has 1 unspecified atom stereocenters. The van der Waals surface area contributed by atoms with E-state index in [9.17, 15) is 20.0 Å². The molecule has 122 valence electrons. The van der Waals surface area contributed by atoms with Crippen molar-refractivity contribution >= 4 is 28.2 Å². The van der Waals surface area contributed by atoms with E-state index in [2.05, 4.69) is 10.3 Å². The molecule has 0 saturated carbocycles. The minimum atomic E-state index is -2.07. The molecule has 0 amide bonds. The van der Waals surface area contributed by atoms with Gasteiger partial charge in [-0.05, 0) is 19.1 Å². The zero-order valence-corrected chi connectivity index (χ0v) is 12.4. The molecule has 0 spiro atoms. The lowest BCUT2D eigenvalue weighted by Crippen LogP contribution is -2.41. The first-order valence-electron chi connectivity index (χ1n) is 6.57. The van der Waals surface area contributed by atoms with Gasteiger partial charge in [0.2, 0.25) is 0 Å². The van der Waals surface area contributed by atoms with Crippen molar-refractivity contribution in [3.63, 3.8) is 0 Å². The van der Waals surface area contributed by atoms with Crippen LogP contribution >= 0.6 is 0 Å². The van der Waals surface area contributed by atoms with E-state index in [0.717, 1.165) is 13.1 Å². The summed E-state index contributed by atoms with van der Waals surface area (Å²) in [4.78, 5) is 25.5. The van der Waals surface area contributed by atoms with Gasteiger partial charge in [0.05, 0.1) is 24.1 Å². The summed E-state index contributed by atoms with van der Waals surface area (Å²) in [6.45, 7) is 0.689. The summed E-state index contributed by atoms with van der Waals surface area (Å²) in [5, 5.41) is 32.9. The van der Waals surface area contributed by atoms with E-state index < -0.39 is 23.0 Å². The summed E-state index contributed by atoms with van der Waals surface area (Å²) in [6.07, 6.45) is 1.07. The second-order valence-corrected chi connectivity index (χ2v) is 5.09. The van der Waals surface area contributed by atoms with Crippen molar-refractivity contribution < 1.29 is 24.7 Å². The van der Waals surface area contributed by atoms with Crippen molar-refractivity contribution in [2.45, 2.75) is 12.5 Å². The first kappa shape index (κ1) is 16.4. The number of carboxylic acid groups (broad SMARTS) is 1. The summed E-state index contributed by atoms with van der Waals surface area (Å²) in [7, 11) is 1.48. The minimum absolute atomic E-state index is 0.0872. The molecule has 0 radical (unpaired) electrons. The molecule has 2 rings (SSSR count). The van der Waals surface area contributed by atoms with Gasteiger partial charge in [-0.15, -0.1) is 0 Å². The van der Waals surface area contributed by atoms with Crippen molar-refractivity contribution in [2.75, 3.05) is 19.0 Å². The number of rotatable bonds is 6. The number of pyridine rings is 1. The van der Waals surface area contributed by atoms with Crippen LogP contribution in [0.2, 0.25) is 0 Å². The fourth-order valence-corrected chi connectivity index (χ4v) is 1.95. The Morgan fingerprint density at radius 2 is 2.22 bits per heavy atom. The van der Waals surface area contributed by atoms with Gasteiger partial charge in [-0.25, -0.2) is 9.78 Å². The zero-order valence-electron chi connectivity index (χ0n) is 12.4. The molecule has 3 N–H and O–H groups in total. The summed E-state index contributed by atoms with van der Waals surface area (Å²) in [5.74, 6) is -0.907. The molecule has 9 heteroatoms. The lowest BCUT2D eigenvalue weighted by molar-refractivity contribution is -0.384. The number of methoxy groups -OCH3 is 1. The van der Waals surface area contributed by atoms with Crippen LogP contribution in [0.1, 0.15) is 6.92 Å². The van der Waals surface area contributed by atoms with Crippen LogP contribution in [-0.4, -0.2) is 45.3 Å². The van der Waals surface area contributed by atoms with Crippen molar-refractivity contribution in [3.05, 3.63) is 34.5 Å². The number of carboxylic acids is 1. The van der Waals surface area contributed by atoms with Gasteiger partial charge in [0.1, 0.15) is 17.6 Å². The molecular formula is C14H15N3O6. The number of aliphatic carboxylic acids is 1. The zero-order chi connectivity index (χ0) is 17.2. The molecular weight excluding hydrogens is 306 g/mol. The predicted octanol–water partition coefficient (Wildman–Crippen LogP) is 1.40. The van der Waals surface area contributed by atoms with Crippen LogP contribution in [0, 0.1) is 10.1 Å². The third kappa shape index (κ3) is 3.29. The molecule has 0 fully saturated rings. The van der Waals surface area contributed by atoms with Gasteiger partial charge in [-0.1, -0.05) is 0 Å². The van der Waals surface area contributed by atoms with Crippen LogP contribution in [0.15, 0.2) is 24.4 Å². The number of carbonyl (C=O) groups is 1. The smallest absolute Gasteiger partial charge is 0.337 e. The number of nitrogens with one attached hydrogen (secondary N) is 1. The van der Waals surface area contributed by atoms with E-state index in [4.69, 9.17) is 9.84 Å². The van der Waals surface area contributed by atoms with E-state index in [1.54, 1.807) is 18.2 Å². The Hall–Kier alpha value is -2.94. The number of hydrogen-bond donors (Lipinski definition) is 3. The molecule has 2 aromatic rings. The van der Waals surface area contributed by atoms with Crippen LogP contribution in [0.5, 0.6) is 5.75 Å². The number of fused-ring (bicyclic) bond motifs is 1. The monoisotopic (exact) mass is 321 g/mol. The third-order valence-corrected chi connectivity index (χ3v) is 3.32. The highest BCUT2D eigenvalue weighted by atomic mass is 16.6. The average molecular weight is 321 g/mol. The number of nitrogens with zero attached hydrogens (tertiary/aromatic N) is 2. The summed E-state index contributed by atoms with van der Waals surface area (Å²) in [5.41, 5.74) is -1.86. The Morgan fingerprint density at radius 1 is 1.52 bits per heavy atom. The lowest BCUT2D eigenvalue weighted by Gasteiger charge is -2.19. The molecule has 23 heavy (non-hydrogen) atoms. The maximum absolute atomic E-state index is 11.2. The van der Waals surface area contributed by atoms with Gasteiger partial charge in [0, 0.05) is 11.5 Å².